The largest absolute Gasteiger partial charge is 0.360 e. The average molecular weight is 343 g/mol. The van der Waals surface area contributed by atoms with Crippen molar-refractivity contribution in [3.63, 3.8) is 0 Å². The Morgan fingerprint density at radius 2 is 1.84 bits per heavy atom. The van der Waals surface area contributed by atoms with Gasteiger partial charge in [0, 0.05) is 17.6 Å². The van der Waals surface area contributed by atoms with E-state index in [0.29, 0.717) is 23.6 Å². The van der Waals surface area contributed by atoms with Gasteiger partial charge in [-0.2, -0.15) is 0 Å². The van der Waals surface area contributed by atoms with E-state index in [-0.39, 0.29) is 23.9 Å². The van der Waals surface area contributed by atoms with Crippen LogP contribution in [-0.4, -0.2) is 40.5 Å². The molecule has 0 atom stereocenters. The number of benzene rings is 1. The fourth-order valence-electron chi connectivity index (χ4n) is 2.53. The minimum absolute atomic E-state index is 0.00848. The monoisotopic (exact) mass is 343 g/mol. The number of hydrogen-bond acceptors (Lipinski definition) is 4. The summed E-state index contributed by atoms with van der Waals surface area (Å²) in [5.41, 5.74) is 1.36. The minimum atomic E-state index is -0.345. The maximum atomic E-state index is 13.0. The fourth-order valence-corrected chi connectivity index (χ4v) is 2.53. The molecule has 0 fully saturated rings. The standard InChI is InChI=1S/C19H25N3O3/c1-6-22(12-15(23)20-19(3,4)5)18(24)16-13(2)25-21-17(16)14-10-8-7-9-11-14/h7-11H,6,12H2,1-5H3,(H,20,23). The quantitative estimate of drug-likeness (QED) is 0.905. The summed E-state index contributed by atoms with van der Waals surface area (Å²) in [5, 5.41) is 6.91. The lowest BCUT2D eigenvalue weighted by molar-refractivity contribution is -0.123. The second-order valence-corrected chi connectivity index (χ2v) is 6.95. The highest BCUT2D eigenvalue weighted by Crippen LogP contribution is 2.26. The van der Waals surface area contributed by atoms with Crippen molar-refractivity contribution in [2.45, 2.75) is 40.2 Å². The van der Waals surface area contributed by atoms with Crippen LogP contribution in [0.15, 0.2) is 34.9 Å². The van der Waals surface area contributed by atoms with Crippen LogP contribution in [0.2, 0.25) is 0 Å². The van der Waals surface area contributed by atoms with E-state index >= 15 is 0 Å². The predicted molar refractivity (Wildman–Crippen MR) is 96.1 cm³/mol. The van der Waals surface area contributed by atoms with Crippen molar-refractivity contribution in [3.8, 4) is 11.3 Å². The average Bonchev–Trinajstić information content (AvgIpc) is 2.92. The SMILES string of the molecule is CCN(CC(=O)NC(C)(C)C)C(=O)c1c(-c2ccccc2)noc1C. The molecule has 25 heavy (non-hydrogen) atoms. The second kappa shape index (κ2) is 7.51. The van der Waals surface area contributed by atoms with Gasteiger partial charge in [-0.3, -0.25) is 9.59 Å². The van der Waals surface area contributed by atoms with Crippen molar-refractivity contribution in [2.75, 3.05) is 13.1 Å². The summed E-state index contributed by atoms with van der Waals surface area (Å²) in [6.45, 7) is 9.66. The van der Waals surface area contributed by atoms with Crippen LogP contribution in [0.3, 0.4) is 0 Å². The number of nitrogens with zero attached hydrogens (tertiary/aromatic N) is 2. The van der Waals surface area contributed by atoms with Crippen molar-refractivity contribution in [2.24, 2.45) is 0 Å². The lowest BCUT2D eigenvalue weighted by atomic mass is 10.1. The van der Waals surface area contributed by atoms with Gasteiger partial charge >= 0.3 is 0 Å². The molecule has 0 unspecified atom stereocenters. The number of carbonyl (C=O) groups is 2. The zero-order valence-electron chi connectivity index (χ0n) is 15.4. The van der Waals surface area contributed by atoms with E-state index < -0.39 is 0 Å². The molecular weight excluding hydrogens is 318 g/mol. The van der Waals surface area contributed by atoms with E-state index in [1.807, 2.05) is 58.0 Å². The summed E-state index contributed by atoms with van der Waals surface area (Å²) in [4.78, 5) is 26.7. The van der Waals surface area contributed by atoms with Crippen LogP contribution in [0.5, 0.6) is 0 Å². The van der Waals surface area contributed by atoms with Crippen LogP contribution in [-0.2, 0) is 4.79 Å². The molecule has 0 bridgehead atoms. The summed E-state index contributed by atoms with van der Waals surface area (Å²) in [7, 11) is 0. The van der Waals surface area contributed by atoms with Gasteiger partial charge in [-0.05, 0) is 34.6 Å². The van der Waals surface area contributed by atoms with Crippen LogP contribution < -0.4 is 5.32 Å². The maximum absolute atomic E-state index is 13.0. The molecule has 0 aliphatic carbocycles. The minimum Gasteiger partial charge on any atom is -0.360 e. The number of rotatable bonds is 5. The number of carbonyl (C=O) groups excluding carboxylic acids is 2. The first-order valence-electron chi connectivity index (χ1n) is 8.35. The summed E-state index contributed by atoms with van der Waals surface area (Å²) < 4.78 is 5.25. The molecule has 0 aliphatic heterocycles. The van der Waals surface area contributed by atoms with Gasteiger partial charge in [-0.25, -0.2) is 0 Å². The molecule has 6 nitrogen and oxygen atoms in total. The highest BCUT2D eigenvalue weighted by molar-refractivity contribution is 6.02. The number of hydrogen-bond donors (Lipinski definition) is 1. The van der Waals surface area contributed by atoms with Gasteiger partial charge in [0.05, 0.1) is 6.54 Å². The third kappa shape index (κ3) is 4.68. The van der Waals surface area contributed by atoms with Gasteiger partial charge in [-0.15, -0.1) is 0 Å². The normalized spacial score (nSPS) is 11.2. The maximum Gasteiger partial charge on any atom is 0.260 e. The topological polar surface area (TPSA) is 75.4 Å². The molecule has 0 spiro atoms. The Bertz CT molecular complexity index is 745. The third-order valence-corrected chi connectivity index (χ3v) is 3.64. The van der Waals surface area contributed by atoms with Crippen molar-refractivity contribution in [3.05, 3.63) is 41.7 Å². The molecule has 0 saturated heterocycles. The summed E-state index contributed by atoms with van der Waals surface area (Å²) >= 11 is 0. The van der Waals surface area contributed by atoms with Crippen LogP contribution in [0.25, 0.3) is 11.3 Å². The molecule has 134 valence electrons. The first-order chi connectivity index (χ1) is 11.7. The molecule has 2 rings (SSSR count). The molecular formula is C19H25N3O3. The molecule has 2 aromatic rings. The molecule has 0 aliphatic rings. The molecule has 0 saturated carbocycles. The molecule has 6 heteroatoms. The van der Waals surface area contributed by atoms with E-state index in [0.717, 1.165) is 5.56 Å². The molecule has 1 N–H and O–H groups in total. The van der Waals surface area contributed by atoms with Gasteiger partial charge in [0.25, 0.3) is 5.91 Å². The van der Waals surface area contributed by atoms with E-state index in [1.54, 1.807) is 6.92 Å². The zero-order valence-corrected chi connectivity index (χ0v) is 15.4. The van der Waals surface area contributed by atoms with Crippen LogP contribution >= 0.6 is 0 Å². The number of likely N-dealkylation sites (N-methyl/N-ethyl adjacent to an activating group) is 1. The van der Waals surface area contributed by atoms with E-state index in [2.05, 4.69) is 10.5 Å². The third-order valence-electron chi connectivity index (χ3n) is 3.64. The van der Waals surface area contributed by atoms with Crippen LogP contribution in [0.4, 0.5) is 0 Å². The summed E-state index contributed by atoms with van der Waals surface area (Å²) in [6, 6.07) is 9.39. The van der Waals surface area contributed by atoms with Gasteiger partial charge in [-0.1, -0.05) is 35.5 Å². The molecule has 2 amide bonds. The Balaban J connectivity index is 2.27. The van der Waals surface area contributed by atoms with Crippen molar-refractivity contribution in [1.29, 1.82) is 0 Å². The Kier molecular flexibility index (Phi) is 5.62. The van der Waals surface area contributed by atoms with E-state index in [1.165, 1.54) is 4.90 Å². The number of aryl methyl sites for hydroxylation is 1. The zero-order chi connectivity index (χ0) is 18.6. The van der Waals surface area contributed by atoms with Crippen LogP contribution in [0, 0.1) is 6.92 Å². The predicted octanol–water partition coefficient (Wildman–Crippen LogP) is 3.03. The second-order valence-electron chi connectivity index (χ2n) is 6.95. The van der Waals surface area contributed by atoms with Gasteiger partial charge < -0.3 is 14.7 Å². The molecule has 1 heterocycles. The number of nitrogens with one attached hydrogen (secondary N) is 1. The first-order valence-corrected chi connectivity index (χ1v) is 8.35. The number of aromatic nitrogens is 1. The Hall–Kier alpha value is -2.63. The van der Waals surface area contributed by atoms with Crippen molar-refractivity contribution >= 4 is 11.8 Å². The van der Waals surface area contributed by atoms with E-state index in [4.69, 9.17) is 4.52 Å². The van der Waals surface area contributed by atoms with Gasteiger partial charge in [0.15, 0.2) is 0 Å². The summed E-state index contributed by atoms with van der Waals surface area (Å²) in [5.74, 6) is -0.0132. The lowest BCUT2D eigenvalue weighted by Crippen LogP contribution is -2.47. The summed E-state index contributed by atoms with van der Waals surface area (Å²) in [6.07, 6.45) is 0. The van der Waals surface area contributed by atoms with Gasteiger partial charge in [0.2, 0.25) is 5.91 Å². The van der Waals surface area contributed by atoms with Crippen LogP contribution in [0.1, 0.15) is 43.8 Å². The molecule has 1 aromatic heterocycles. The van der Waals surface area contributed by atoms with Crippen molar-refractivity contribution < 1.29 is 14.1 Å². The Morgan fingerprint density at radius 1 is 1.20 bits per heavy atom. The highest BCUT2D eigenvalue weighted by Gasteiger charge is 2.27. The number of amides is 2. The highest BCUT2D eigenvalue weighted by atomic mass is 16.5. The fraction of sp³-hybridized carbons (Fsp3) is 0.421. The van der Waals surface area contributed by atoms with E-state index in [9.17, 15) is 9.59 Å². The lowest BCUT2D eigenvalue weighted by Gasteiger charge is -2.25. The molecule has 0 radical (unpaired) electrons. The smallest absolute Gasteiger partial charge is 0.260 e. The molecule has 1 aromatic carbocycles. The first kappa shape index (κ1) is 18.7. The Labute approximate surface area is 148 Å². The Morgan fingerprint density at radius 3 is 2.40 bits per heavy atom. The van der Waals surface area contributed by atoms with Crippen molar-refractivity contribution in [1.82, 2.24) is 15.4 Å². The van der Waals surface area contributed by atoms with Gasteiger partial charge in [0.1, 0.15) is 17.0 Å².